The van der Waals surface area contributed by atoms with Gasteiger partial charge in [0.15, 0.2) is 0 Å². The smallest absolute Gasteiger partial charge is 0.214 e. The maximum absolute atomic E-state index is 12.0. The zero-order chi connectivity index (χ0) is 17.4. The molecule has 2 atom stereocenters. The number of aromatic amines is 1. The van der Waals surface area contributed by atoms with Crippen LogP contribution in [-0.4, -0.2) is 72.0 Å². The lowest BCUT2D eigenvalue weighted by Crippen LogP contribution is -2.33. The van der Waals surface area contributed by atoms with Crippen LogP contribution >= 0.6 is 0 Å². The summed E-state index contributed by atoms with van der Waals surface area (Å²) in [6.45, 7) is 8.01. The van der Waals surface area contributed by atoms with Crippen LogP contribution in [0, 0.1) is 5.92 Å². The van der Waals surface area contributed by atoms with Crippen molar-refractivity contribution < 1.29 is 13.5 Å². The van der Waals surface area contributed by atoms with Crippen molar-refractivity contribution in [3.63, 3.8) is 0 Å². The largest absolute Gasteiger partial charge is 0.391 e. The van der Waals surface area contributed by atoms with E-state index >= 15 is 0 Å². The number of rotatable bonds is 5. The predicted octanol–water partition coefficient (Wildman–Crippen LogP) is 0.391. The third kappa shape index (κ3) is 4.53. The second-order valence-electron chi connectivity index (χ2n) is 7.61. The highest BCUT2D eigenvalue weighted by atomic mass is 32.2. The first kappa shape index (κ1) is 18.4. The van der Waals surface area contributed by atoms with Gasteiger partial charge in [-0.05, 0) is 6.07 Å². The minimum atomic E-state index is -3.30. The Hall–Kier alpha value is -0.960. The van der Waals surface area contributed by atoms with Gasteiger partial charge in [-0.2, -0.15) is 5.10 Å². The highest BCUT2D eigenvalue weighted by Crippen LogP contribution is 2.24. The van der Waals surface area contributed by atoms with E-state index in [0.29, 0.717) is 19.6 Å². The lowest BCUT2D eigenvalue weighted by Gasteiger charge is -2.17. The van der Waals surface area contributed by atoms with E-state index in [0.717, 1.165) is 11.4 Å². The van der Waals surface area contributed by atoms with Crippen LogP contribution in [0.1, 0.15) is 32.2 Å². The number of nitrogens with one attached hydrogen (secondary N) is 1. The van der Waals surface area contributed by atoms with Crippen LogP contribution < -0.4 is 0 Å². The van der Waals surface area contributed by atoms with Crippen molar-refractivity contribution in [2.45, 2.75) is 38.8 Å². The number of likely N-dealkylation sites (tertiary alicyclic amines) is 1. The number of aliphatic hydroxyl groups is 1. The molecule has 8 heteroatoms. The molecule has 7 nitrogen and oxygen atoms in total. The van der Waals surface area contributed by atoms with E-state index in [9.17, 15) is 13.5 Å². The Balaban J connectivity index is 1.98. The molecule has 0 aromatic carbocycles. The standard InChI is InChI=1S/C15H28N4O3S/c1-15(2,3)14-6-12(16-17-14)8-19-7-11(13(20)9-19)10-23(21,22)18(4)5/h6,11,13,20H,7-10H2,1-5H3,(H,16,17)/t11-,13-/m0/s1. The van der Waals surface area contributed by atoms with Crippen molar-refractivity contribution in [3.05, 3.63) is 17.5 Å². The van der Waals surface area contributed by atoms with Gasteiger partial charge in [-0.25, -0.2) is 12.7 Å². The van der Waals surface area contributed by atoms with Gasteiger partial charge >= 0.3 is 0 Å². The molecule has 0 amide bonds. The molecule has 1 fully saturated rings. The summed E-state index contributed by atoms with van der Waals surface area (Å²) in [5.74, 6) is -0.277. The number of hydrogen-bond donors (Lipinski definition) is 2. The molecule has 0 saturated carbocycles. The normalized spacial score (nSPS) is 23.8. The van der Waals surface area contributed by atoms with Gasteiger partial charge < -0.3 is 5.11 Å². The van der Waals surface area contributed by atoms with Crippen molar-refractivity contribution in [3.8, 4) is 0 Å². The van der Waals surface area contributed by atoms with E-state index in [1.165, 1.54) is 18.4 Å². The summed E-state index contributed by atoms with van der Waals surface area (Å²) in [4.78, 5) is 2.07. The number of hydrogen-bond acceptors (Lipinski definition) is 5. The summed E-state index contributed by atoms with van der Waals surface area (Å²) in [6, 6.07) is 2.04. The first-order valence-corrected chi connectivity index (χ1v) is 9.45. The van der Waals surface area contributed by atoms with Gasteiger partial charge in [-0.1, -0.05) is 20.8 Å². The highest BCUT2D eigenvalue weighted by molar-refractivity contribution is 7.89. The Kier molecular flexibility index (Phi) is 5.20. The quantitative estimate of drug-likeness (QED) is 0.807. The van der Waals surface area contributed by atoms with Crippen molar-refractivity contribution in [1.82, 2.24) is 19.4 Å². The maximum atomic E-state index is 12.0. The molecule has 1 aromatic rings. The molecule has 2 N–H and O–H groups in total. The fourth-order valence-corrected chi connectivity index (χ4v) is 3.89. The molecule has 0 aliphatic carbocycles. The average molecular weight is 344 g/mol. The maximum Gasteiger partial charge on any atom is 0.214 e. The number of H-pyrrole nitrogens is 1. The molecule has 0 radical (unpaired) electrons. The van der Waals surface area contributed by atoms with Crippen LogP contribution in [0.4, 0.5) is 0 Å². The molecule has 1 aliphatic heterocycles. The fraction of sp³-hybridized carbons (Fsp3) is 0.800. The van der Waals surface area contributed by atoms with E-state index in [2.05, 4.69) is 35.9 Å². The molecular formula is C15H28N4O3S. The van der Waals surface area contributed by atoms with Crippen LogP contribution in [0.2, 0.25) is 0 Å². The van der Waals surface area contributed by atoms with Crippen molar-refractivity contribution >= 4 is 10.0 Å². The third-order valence-corrected chi connectivity index (χ3v) is 6.22. The summed E-state index contributed by atoms with van der Waals surface area (Å²) in [5, 5.41) is 17.5. The van der Waals surface area contributed by atoms with E-state index in [4.69, 9.17) is 0 Å². The Morgan fingerprint density at radius 3 is 2.57 bits per heavy atom. The summed E-state index contributed by atoms with van der Waals surface area (Å²) in [7, 11) is -0.258. The molecule has 23 heavy (non-hydrogen) atoms. The number of nitrogens with zero attached hydrogens (tertiary/aromatic N) is 3. The average Bonchev–Trinajstić information content (AvgIpc) is 2.97. The number of β-amino-alcohol motifs (C(OH)–C–C–N with tert-alkyl or cyclic N) is 1. The molecular weight excluding hydrogens is 316 g/mol. The zero-order valence-electron chi connectivity index (χ0n) is 14.6. The highest BCUT2D eigenvalue weighted by Gasteiger charge is 2.35. The van der Waals surface area contributed by atoms with Gasteiger partial charge in [-0.3, -0.25) is 10.00 Å². The molecule has 0 bridgehead atoms. The minimum absolute atomic E-state index is 0.0123. The Morgan fingerprint density at radius 2 is 2.04 bits per heavy atom. The van der Waals surface area contributed by atoms with E-state index in [1.807, 2.05) is 6.07 Å². The molecule has 2 heterocycles. The molecule has 1 saturated heterocycles. The van der Waals surface area contributed by atoms with E-state index < -0.39 is 16.1 Å². The van der Waals surface area contributed by atoms with E-state index in [1.54, 1.807) is 0 Å². The second kappa shape index (κ2) is 6.51. The van der Waals surface area contributed by atoms with Crippen LogP contribution in [0.15, 0.2) is 6.07 Å². The fourth-order valence-electron chi connectivity index (χ4n) is 2.72. The van der Waals surface area contributed by atoms with Crippen molar-refractivity contribution in [2.24, 2.45) is 5.92 Å². The van der Waals surface area contributed by atoms with E-state index in [-0.39, 0.29) is 17.1 Å². The first-order valence-electron chi connectivity index (χ1n) is 7.84. The first-order chi connectivity index (χ1) is 10.5. The molecule has 2 rings (SSSR count). The number of aromatic nitrogens is 2. The summed E-state index contributed by atoms with van der Waals surface area (Å²) in [6.07, 6.45) is -0.616. The number of aliphatic hydroxyl groups excluding tert-OH is 1. The third-order valence-electron chi connectivity index (χ3n) is 4.26. The van der Waals surface area contributed by atoms with Gasteiger partial charge in [0, 0.05) is 50.8 Å². The van der Waals surface area contributed by atoms with Gasteiger partial charge in [0.1, 0.15) is 0 Å². The van der Waals surface area contributed by atoms with Crippen molar-refractivity contribution in [2.75, 3.05) is 32.9 Å². The molecule has 1 aromatic heterocycles. The predicted molar refractivity (Wildman–Crippen MR) is 89.5 cm³/mol. The Bertz CT molecular complexity index is 633. The van der Waals surface area contributed by atoms with Gasteiger partial charge in [0.05, 0.1) is 17.6 Å². The van der Waals surface area contributed by atoms with Crippen LogP contribution in [0.3, 0.4) is 0 Å². The Morgan fingerprint density at radius 1 is 1.39 bits per heavy atom. The molecule has 132 valence electrons. The number of sulfonamides is 1. The van der Waals surface area contributed by atoms with Crippen LogP contribution in [0.5, 0.6) is 0 Å². The molecule has 0 spiro atoms. The monoisotopic (exact) mass is 344 g/mol. The SMILES string of the molecule is CN(C)S(=O)(=O)C[C@@H]1CN(Cc2cc(C(C)(C)C)n[nH]2)C[C@@H]1O. The lowest BCUT2D eigenvalue weighted by atomic mass is 9.92. The van der Waals surface area contributed by atoms with Crippen LogP contribution in [-0.2, 0) is 22.0 Å². The summed E-state index contributed by atoms with van der Waals surface area (Å²) < 4.78 is 25.2. The van der Waals surface area contributed by atoms with Crippen molar-refractivity contribution in [1.29, 1.82) is 0 Å². The van der Waals surface area contributed by atoms with Gasteiger partial charge in [-0.15, -0.1) is 0 Å². The lowest BCUT2D eigenvalue weighted by molar-refractivity contribution is 0.148. The molecule has 1 aliphatic rings. The van der Waals surface area contributed by atoms with Crippen LogP contribution in [0.25, 0.3) is 0 Å². The topological polar surface area (TPSA) is 89.5 Å². The Labute approximate surface area is 138 Å². The zero-order valence-corrected chi connectivity index (χ0v) is 15.4. The van der Waals surface area contributed by atoms with Gasteiger partial charge in [0.2, 0.25) is 10.0 Å². The minimum Gasteiger partial charge on any atom is -0.391 e. The second-order valence-corrected chi connectivity index (χ2v) is 9.84. The summed E-state index contributed by atoms with van der Waals surface area (Å²) in [5.41, 5.74) is 1.97. The summed E-state index contributed by atoms with van der Waals surface area (Å²) >= 11 is 0. The van der Waals surface area contributed by atoms with Gasteiger partial charge in [0.25, 0.3) is 0 Å². The molecule has 0 unspecified atom stereocenters.